The Morgan fingerprint density at radius 1 is 0.182 bits per heavy atom. The normalized spacial score (nSPS) is 11.3. The molecule has 308 valence electrons. The highest BCUT2D eigenvalue weighted by molar-refractivity contribution is 6.16. The van der Waals surface area contributed by atoms with Crippen molar-refractivity contribution in [1.82, 2.24) is 19.9 Å². The van der Waals surface area contributed by atoms with Gasteiger partial charge in [0, 0.05) is 33.0 Å². The first-order valence-corrected chi connectivity index (χ1v) is 22.3. The van der Waals surface area contributed by atoms with Gasteiger partial charge in [-0.1, -0.05) is 237 Å². The van der Waals surface area contributed by atoms with Crippen LogP contribution in [0.2, 0.25) is 0 Å². The zero-order valence-electron chi connectivity index (χ0n) is 35.9. The van der Waals surface area contributed by atoms with E-state index in [9.17, 15) is 0 Å². The molecule has 0 saturated heterocycles. The smallest absolute Gasteiger partial charge is 0.164 e. The molecule has 0 radical (unpaired) electrons. The van der Waals surface area contributed by atoms with E-state index in [2.05, 4.69) is 231 Å². The number of hydrogen-bond acceptors (Lipinski definition) is 4. The average molecular weight is 841 g/mol. The molecule has 12 rings (SSSR count). The average Bonchev–Trinajstić information content (AvgIpc) is 3.41. The van der Waals surface area contributed by atoms with Crippen LogP contribution in [-0.4, -0.2) is 19.9 Å². The van der Waals surface area contributed by atoms with Gasteiger partial charge in [0.15, 0.2) is 17.5 Å². The molecule has 2 heterocycles. The first kappa shape index (κ1) is 38.8. The fraction of sp³-hybridized carbons (Fsp3) is 0. The predicted octanol–water partition coefficient (Wildman–Crippen LogP) is 16.1. The zero-order chi connectivity index (χ0) is 43.8. The van der Waals surface area contributed by atoms with E-state index >= 15 is 0 Å². The first-order chi connectivity index (χ1) is 32.7. The van der Waals surface area contributed by atoms with E-state index in [0.29, 0.717) is 17.5 Å². The second kappa shape index (κ2) is 16.7. The molecule has 0 aliphatic carbocycles. The maximum Gasteiger partial charge on any atom is 0.164 e. The summed E-state index contributed by atoms with van der Waals surface area (Å²) >= 11 is 0. The molecule has 0 N–H and O–H groups in total. The van der Waals surface area contributed by atoms with Gasteiger partial charge in [-0.3, -0.25) is 0 Å². The van der Waals surface area contributed by atoms with Crippen molar-refractivity contribution in [3.63, 3.8) is 0 Å². The number of pyridine rings is 1. The lowest BCUT2D eigenvalue weighted by Crippen LogP contribution is -2.00. The maximum atomic E-state index is 5.20. The second-order valence-electron chi connectivity index (χ2n) is 16.6. The minimum absolute atomic E-state index is 0.625. The van der Waals surface area contributed by atoms with Gasteiger partial charge in [-0.25, -0.2) is 19.9 Å². The highest BCUT2D eigenvalue weighted by Crippen LogP contribution is 2.34. The quantitative estimate of drug-likeness (QED) is 0.143. The Morgan fingerprint density at radius 3 is 0.970 bits per heavy atom. The number of fused-ring (bicyclic) bond motifs is 5. The van der Waals surface area contributed by atoms with E-state index in [-0.39, 0.29) is 0 Å². The molecule has 0 aliphatic heterocycles. The van der Waals surface area contributed by atoms with Crippen molar-refractivity contribution in [2.45, 2.75) is 0 Å². The monoisotopic (exact) mass is 840 g/mol. The van der Waals surface area contributed by atoms with Crippen LogP contribution in [0, 0.1) is 0 Å². The molecule has 0 saturated carbocycles. The topological polar surface area (TPSA) is 51.6 Å². The summed E-state index contributed by atoms with van der Waals surface area (Å²) in [5.41, 5.74) is 15.1. The standard InChI is InChI=1S/C62H40N4/c1-3-9-41(10-4-1)43-21-29-52(30-22-43)60-64-61(53-31-23-44(24-32-53)42-11-5-2-6-12-42)66-62(65-60)54-33-25-48(26-34-54)46-17-15-45(16-18-46)47-19-27-50(28-20-47)58-40-37-51-36-38-56-55-14-8-7-13-49(55)35-39-57(56)59(51)63-58/h1-40H. The molecule has 2 aromatic heterocycles. The van der Waals surface area contributed by atoms with Crippen LogP contribution in [0.3, 0.4) is 0 Å². The fourth-order valence-corrected chi connectivity index (χ4v) is 8.98. The third kappa shape index (κ3) is 7.47. The maximum absolute atomic E-state index is 5.20. The minimum atomic E-state index is 0.625. The van der Waals surface area contributed by atoms with E-state index in [4.69, 9.17) is 19.9 Å². The Bertz CT molecular complexity index is 3580. The highest BCUT2D eigenvalue weighted by Gasteiger charge is 2.14. The molecule has 4 nitrogen and oxygen atoms in total. The van der Waals surface area contributed by atoms with Crippen LogP contribution in [0.1, 0.15) is 0 Å². The Labute approximate surface area is 383 Å². The van der Waals surface area contributed by atoms with Gasteiger partial charge in [0.25, 0.3) is 0 Å². The van der Waals surface area contributed by atoms with Crippen molar-refractivity contribution >= 4 is 32.4 Å². The van der Waals surface area contributed by atoms with Crippen molar-refractivity contribution in [3.8, 4) is 89.9 Å². The number of hydrogen-bond donors (Lipinski definition) is 0. The lowest BCUT2D eigenvalue weighted by molar-refractivity contribution is 1.07. The summed E-state index contributed by atoms with van der Waals surface area (Å²) in [5.74, 6) is 1.89. The van der Waals surface area contributed by atoms with Crippen LogP contribution in [0.15, 0.2) is 243 Å². The van der Waals surface area contributed by atoms with Crippen molar-refractivity contribution < 1.29 is 0 Å². The Hall–Kier alpha value is -8.86. The minimum Gasteiger partial charge on any atom is -0.247 e. The van der Waals surface area contributed by atoms with Crippen LogP contribution < -0.4 is 0 Å². The predicted molar refractivity (Wildman–Crippen MR) is 274 cm³/mol. The highest BCUT2D eigenvalue weighted by atomic mass is 15.0. The second-order valence-corrected chi connectivity index (χ2v) is 16.6. The van der Waals surface area contributed by atoms with Gasteiger partial charge in [0.1, 0.15) is 0 Å². The molecule has 0 bridgehead atoms. The molecule has 0 spiro atoms. The Morgan fingerprint density at radius 2 is 0.515 bits per heavy atom. The molecule has 10 aromatic carbocycles. The molecule has 4 heteroatoms. The molecule has 0 unspecified atom stereocenters. The van der Waals surface area contributed by atoms with Crippen LogP contribution >= 0.6 is 0 Å². The number of rotatable bonds is 8. The van der Waals surface area contributed by atoms with Gasteiger partial charge in [-0.15, -0.1) is 0 Å². The molecule has 0 amide bonds. The summed E-state index contributed by atoms with van der Waals surface area (Å²) in [4.78, 5) is 20.3. The van der Waals surface area contributed by atoms with Crippen molar-refractivity contribution in [3.05, 3.63) is 243 Å². The number of aromatic nitrogens is 4. The van der Waals surface area contributed by atoms with Gasteiger partial charge < -0.3 is 0 Å². The fourth-order valence-electron chi connectivity index (χ4n) is 8.98. The first-order valence-electron chi connectivity index (χ1n) is 22.3. The van der Waals surface area contributed by atoms with E-state index in [1.165, 1.54) is 32.7 Å². The summed E-state index contributed by atoms with van der Waals surface area (Å²) in [7, 11) is 0. The van der Waals surface area contributed by atoms with Gasteiger partial charge >= 0.3 is 0 Å². The van der Waals surface area contributed by atoms with Gasteiger partial charge in [-0.2, -0.15) is 0 Å². The summed E-state index contributed by atoms with van der Waals surface area (Å²) in [6, 6.07) is 85.4. The van der Waals surface area contributed by atoms with Gasteiger partial charge in [0.05, 0.1) is 11.2 Å². The molecule has 66 heavy (non-hydrogen) atoms. The molecule has 0 fully saturated rings. The number of nitrogens with zero attached hydrogens (tertiary/aromatic N) is 4. The van der Waals surface area contributed by atoms with E-state index in [0.717, 1.165) is 72.2 Å². The largest absolute Gasteiger partial charge is 0.247 e. The molecular weight excluding hydrogens is 801 g/mol. The Balaban J connectivity index is 0.809. The zero-order valence-corrected chi connectivity index (χ0v) is 35.9. The van der Waals surface area contributed by atoms with Crippen LogP contribution in [0.25, 0.3) is 122 Å². The lowest BCUT2D eigenvalue weighted by Gasteiger charge is -2.11. The molecule has 0 aliphatic rings. The van der Waals surface area contributed by atoms with Gasteiger partial charge in [-0.05, 0) is 66.7 Å². The number of benzene rings is 10. The van der Waals surface area contributed by atoms with Crippen LogP contribution in [-0.2, 0) is 0 Å². The lowest BCUT2D eigenvalue weighted by atomic mass is 9.97. The molecule has 0 atom stereocenters. The Kier molecular flexibility index (Phi) is 9.81. The van der Waals surface area contributed by atoms with Crippen molar-refractivity contribution in [2.24, 2.45) is 0 Å². The van der Waals surface area contributed by atoms with Crippen LogP contribution in [0.5, 0.6) is 0 Å². The van der Waals surface area contributed by atoms with Gasteiger partial charge in [0.2, 0.25) is 0 Å². The van der Waals surface area contributed by atoms with Crippen molar-refractivity contribution in [2.75, 3.05) is 0 Å². The van der Waals surface area contributed by atoms with E-state index in [1.807, 2.05) is 12.1 Å². The van der Waals surface area contributed by atoms with E-state index in [1.54, 1.807) is 0 Å². The SMILES string of the molecule is c1ccc(-c2ccc(-c3nc(-c4ccc(-c5ccccc5)cc4)nc(-c4ccc(-c5ccc(-c6ccc(-c7ccc8ccc9c%10ccccc%10ccc9c8n7)cc6)cc5)cc4)n3)cc2)cc1. The summed E-state index contributed by atoms with van der Waals surface area (Å²) in [6.45, 7) is 0. The van der Waals surface area contributed by atoms with Crippen LogP contribution in [0.4, 0.5) is 0 Å². The van der Waals surface area contributed by atoms with E-state index < -0.39 is 0 Å². The third-order valence-corrected chi connectivity index (χ3v) is 12.6. The summed E-state index contributed by atoms with van der Waals surface area (Å²) in [6.07, 6.45) is 0. The third-order valence-electron chi connectivity index (χ3n) is 12.6. The summed E-state index contributed by atoms with van der Waals surface area (Å²) < 4.78 is 0. The van der Waals surface area contributed by atoms with Crippen molar-refractivity contribution in [1.29, 1.82) is 0 Å². The molecular formula is C62H40N4. The summed E-state index contributed by atoms with van der Waals surface area (Å²) in [5, 5.41) is 6.04. The molecule has 12 aromatic rings.